The smallest absolute Gasteiger partial charge is 0.324 e. The summed E-state index contributed by atoms with van der Waals surface area (Å²) in [6.07, 6.45) is 2.49. The number of nitrogens with one attached hydrogen (secondary N) is 1. The Morgan fingerprint density at radius 1 is 1.26 bits per heavy atom. The molecule has 1 heterocycles. The summed E-state index contributed by atoms with van der Waals surface area (Å²) in [7, 11) is 0. The second-order valence-electron chi connectivity index (χ2n) is 4.82. The number of rotatable bonds is 8. The number of hydrogen-bond acceptors (Lipinski definition) is 5. The van der Waals surface area contributed by atoms with Crippen molar-refractivity contribution in [2.24, 2.45) is 0 Å². The molecule has 0 aromatic carbocycles. The highest BCUT2D eigenvalue weighted by Crippen LogP contribution is 2.14. The Kier molecular flexibility index (Phi) is 8.02. The molecule has 0 aliphatic carbocycles. The number of likely N-dealkylation sites (tertiary alicyclic amines) is 1. The minimum atomic E-state index is -0.214. The number of esters is 1. The zero-order valence-electron chi connectivity index (χ0n) is 12.5. The summed E-state index contributed by atoms with van der Waals surface area (Å²) >= 11 is 0. The average Bonchev–Trinajstić information content (AvgIpc) is 2.41. The molecule has 1 saturated heterocycles. The molecule has 1 rings (SSSR count). The maximum absolute atomic E-state index is 11.8. The van der Waals surface area contributed by atoms with Gasteiger partial charge in [-0.1, -0.05) is 6.92 Å². The molecule has 5 nitrogen and oxygen atoms in total. The molecule has 0 amide bonds. The first kappa shape index (κ1) is 16.4. The topological polar surface area (TPSA) is 50.8 Å². The van der Waals surface area contributed by atoms with Gasteiger partial charge in [0.2, 0.25) is 0 Å². The number of likely N-dealkylation sites (N-methyl/N-ethyl adjacent to an activating group) is 1. The predicted octanol–water partition coefficient (Wildman–Crippen LogP) is 1.03. The molecule has 0 bridgehead atoms. The lowest BCUT2D eigenvalue weighted by atomic mass is 10.1. The molecular weight excluding hydrogens is 244 g/mol. The van der Waals surface area contributed by atoms with Gasteiger partial charge in [-0.25, -0.2) is 0 Å². The zero-order chi connectivity index (χ0) is 14.1. The maximum atomic E-state index is 11.8. The van der Waals surface area contributed by atoms with Crippen LogP contribution in [0.2, 0.25) is 0 Å². The summed E-state index contributed by atoms with van der Waals surface area (Å²) in [6, 6.07) is -0.214. The van der Waals surface area contributed by atoms with Gasteiger partial charge >= 0.3 is 5.97 Å². The Morgan fingerprint density at radius 3 is 2.47 bits per heavy atom. The summed E-state index contributed by atoms with van der Waals surface area (Å²) in [5.74, 6) is -0.142. The van der Waals surface area contributed by atoms with Gasteiger partial charge in [-0.2, -0.15) is 0 Å². The van der Waals surface area contributed by atoms with Crippen LogP contribution >= 0.6 is 0 Å². The molecule has 0 radical (unpaired) electrons. The van der Waals surface area contributed by atoms with Gasteiger partial charge in [0.05, 0.1) is 12.7 Å². The molecule has 1 unspecified atom stereocenters. The molecule has 0 aromatic rings. The van der Waals surface area contributed by atoms with Crippen LogP contribution in [0.25, 0.3) is 0 Å². The number of piperidine rings is 1. The van der Waals surface area contributed by atoms with Crippen LogP contribution in [0.1, 0.15) is 33.6 Å². The Balaban J connectivity index is 2.36. The van der Waals surface area contributed by atoms with Crippen molar-refractivity contribution in [1.82, 2.24) is 10.2 Å². The van der Waals surface area contributed by atoms with Gasteiger partial charge in [0.15, 0.2) is 0 Å². The lowest BCUT2D eigenvalue weighted by Crippen LogP contribution is -2.49. The summed E-state index contributed by atoms with van der Waals surface area (Å²) in [6.45, 7) is 10.6. The van der Waals surface area contributed by atoms with E-state index < -0.39 is 0 Å². The van der Waals surface area contributed by atoms with E-state index in [-0.39, 0.29) is 12.0 Å². The molecule has 0 aromatic heterocycles. The average molecular weight is 272 g/mol. The molecule has 1 fully saturated rings. The van der Waals surface area contributed by atoms with E-state index in [4.69, 9.17) is 9.47 Å². The van der Waals surface area contributed by atoms with Gasteiger partial charge in [-0.3, -0.25) is 4.79 Å². The fraction of sp³-hybridized carbons (Fsp3) is 0.929. The van der Waals surface area contributed by atoms with Crippen LogP contribution in [0.3, 0.4) is 0 Å². The van der Waals surface area contributed by atoms with E-state index in [2.05, 4.69) is 10.2 Å². The van der Waals surface area contributed by atoms with Gasteiger partial charge in [0.25, 0.3) is 0 Å². The third-order valence-corrected chi connectivity index (χ3v) is 3.40. The summed E-state index contributed by atoms with van der Waals surface area (Å²) in [4.78, 5) is 14.2. The molecule has 5 heteroatoms. The van der Waals surface area contributed by atoms with Crippen LogP contribution in [0, 0.1) is 0 Å². The number of carbonyl (C=O) groups excluding carboxylic acids is 1. The number of nitrogens with zero attached hydrogens (tertiary/aromatic N) is 1. The minimum Gasteiger partial charge on any atom is -0.465 e. The number of hydrogen-bond donors (Lipinski definition) is 1. The fourth-order valence-corrected chi connectivity index (χ4v) is 2.46. The lowest BCUT2D eigenvalue weighted by molar-refractivity contribution is -0.146. The van der Waals surface area contributed by atoms with Crippen molar-refractivity contribution in [3.63, 3.8) is 0 Å². The summed E-state index contributed by atoms with van der Waals surface area (Å²) in [5, 5.41) is 3.20. The SMILES string of the molecule is CCNC(CN1CCC(OCC)CC1)C(=O)OCC. The van der Waals surface area contributed by atoms with Gasteiger partial charge in [-0.15, -0.1) is 0 Å². The van der Waals surface area contributed by atoms with Crippen molar-refractivity contribution in [3.8, 4) is 0 Å². The van der Waals surface area contributed by atoms with E-state index in [9.17, 15) is 4.79 Å². The van der Waals surface area contributed by atoms with Gasteiger partial charge in [0.1, 0.15) is 6.04 Å². The first-order valence-corrected chi connectivity index (χ1v) is 7.45. The van der Waals surface area contributed by atoms with Gasteiger partial charge < -0.3 is 19.7 Å². The predicted molar refractivity (Wildman–Crippen MR) is 75.2 cm³/mol. The normalized spacial score (nSPS) is 19.3. The molecule has 112 valence electrons. The van der Waals surface area contributed by atoms with Crippen LogP contribution in [-0.2, 0) is 14.3 Å². The van der Waals surface area contributed by atoms with Crippen molar-refractivity contribution in [2.75, 3.05) is 39.4 Å². The second kappa shape index (κ2) is 9.28. The molecule has 1 N–H and O–H groups in total. The van der Waals surface area contributed by atoms with Crippen LogP contribution < -0.4 is 5.32 Å². The molecule has 1 aliphatic rings. The second-order valence-corrected chi connectivity index (χ2v) is 4.82. The number of carbonyl (C=O) groups is 1. The van der Waals surface area contributed by atoms with E-state index in [0.717, 1.165) is 45.6 Å². The Labute approximate surface area is 116 Å². The van der Waals surface area contributed by atoms with Crippen LogP contribution in [0.15, 0.2) is 0 Å². The standard InChI is InChI=1S/C14H28N2O3/c1-4-15-13(14(17)19-6-3)11-16-9-7-12(8-10-16)18-5-2/h12-13,15H,4-11H2,1-3H3. The highest BCUT2D eigenvalue weighted by molar-refractivity contribution is 5.76. The quantitative estimate of drug-likeness (QED) is 0.669. The Morgan fingerprint density at radius 2 is 1.95 bits per heavy atom. The highest BCUT2D eigenvalue weighted by atomic mass is 16.5. The van der Waals surface area contributed by atoms with E-state index in [0.29, 0.717) is 12.7 Å². The minimum absolute atomic E-state index is 0.142. The third-order valence-electron chi connectivity index (χ3n) is 3.40. The van der Waals surface area contributed by atoms with Gasteiger partial charge in [-0.05, 0) is 33.2 Å². The van der Waals surface area contributed by atoms with E-state index >= 15 is 0 Å². The largest absolute Gasteiger partial charge is 0.465 e. The Hall–Kier alpha value is -0.650. The van der Waals surface area contributed by atoms with Crippen molar-refractivity contribution in [1.29, 1.82) is 0 Å². The van der Waals surface area contributed by atoms with Gasteiger partial charge in [0, 0.05) is 26.2 Å². The van der Waals surface area contributed by atoms with E-state index in [1.807, 2.05) is 20.8 Å². The zero-order valence-corrected chi connectivity index (χ0v) is 12.5. The van der Waals surface area contributed by atoms with Crippen molar-refractivity contribution in [3.05, 3.63) is 0 Å². The molecule has 1 atom stereocenters. The van der Waals surface area contributed by atoms with Crippen LogP contribution in [-0.4, -0.2) is 62.4 Å². The van der Waals surface area contributed by atoms with Crippen molar-refractivity contribution in [2.45, 2.75) is 45.8 Å². The maximum Gasteiger partial charge on any atom is 0.324 e. The molecular formula is C14H28N2O3. The highest BCUT2D eigenvalue weighted by Gasteiger charge is 2.25. The molecule has 1 aliphatic heterocycles. The van der Waals surface area contributed by atoms with Crippen LogP contribution in [0.4, 0.5) is 0 Å². The molecule has 0 spiro atoms. The molecule has 0 saturated carbocycles. The fourth-order valence-electron chi connectivity index (χ4n) is 2.46. The Bertz CT molecular complexity index is 253. The van der Waals surface area contributed by atoms with Crippen molar-refractivity contribution >= 4 is 5.97 Å². The van der Waals surface area contributed by atoms with Crippen molar-refractivity contribution < 1.29 is 14.3 Å². The first-order chi connectivity index (χ1) is 9.21. The monoisotopic (exact) mass is 272 g/mol. The third kappa shape index (κ3) is 5.89. The number of ether oxygens (including phenoxy) is 2. The summed E-state index contributed by atoms with van der Waals surface area (Å²) in [5.41, 5.74) is 0. The molecule has 19 heavy (non-hydrogen) atoms. The van der Waals surface area contributed by atoms with E-state index in [1.54, 1.807) is 0 Å². The van der Waals surface area contributed by atoms with E-state index in [1.165, 1.54) is 0 Å². The lowest BCUT2D eigenvalue weighted by Gasteiger charge is -2.33. The first-order valence-electron chi connectivity index (χ1n) is 7.45. The summed E-state index contributed by atoms with van der Waals surface area (Å²) < 4.78 is 10.7. The van der Waals surface area contributed by atoms with Crippen LogP contribution in [0.5, 0.6) is 0 Å².